The number of fused-ring (bicyclic) bond motifs is 1. The molecule has 88 valence electrons. The number of hydrogen-bond donors (Lipinski definition) is 1. The minimum Gasteiger partial charge on any atom is -0.493 e. The van der Waals surface area contributed by atoms with Crippen LogP contribution in [0.25, 0.3) is 0 Å². The monoisotopic (exact) mass is 219 g/mol. The third-order valence-corrected chi connectivity index (χ3v) is 3.30. The molecule has 0 saturated heterocycles. The maximum atomic E-state index is 5.68. The lowest BCUT2D eigenvalue weighted by molar-refractivity contribution is 0.318. The van der Waals surface area contributed by atoms with E-state index >= 15 is 0 Å². The lowest BCUT2D eigenvalue weighted by Gasteiger charge is -2.14. The minimum atomic E-state index is 0.595. The van der Waals surface area contributed by atoms with Crippen LogP contribution >= 0.6 is 0 Å². The summed E-state index contributed by atoms with van der Waals surface area (Å²) in [5.41, 5.74) is 1.39. The highest BCUT2D eigenvalue weighted by atomic mass is 16.5. The SMILES string of the molecule is CCNC(C)CCC1COc2ccccc21. The summed E-state index contributed by atoms with van der Waals surface area (Å²) in [6.07, 6.45) is 2.43. The fourth-order valence-corrected chi connectivity index (χ4v) is 2.37. The van der Waals surface area contributed by atoms with Crippen molar-refractivity contribution in [3.8, 4) is 5.75 Å². The Morgan fingerprint density at radius 2 is 2.25 bits per heavy atom. The van der Waals surface area contributed by atoms with E-state index in [2.05, 4.69) is 37.4 Å². The molecule has 2 nitrogen and oxygen atoms in total. The molecule has 1 aliphatic rings. The zero-order valence-corrected chi connectivity index (χ0v) is 10.2. The Kier molecular flexibility index (Phi) is 3.83. The van der Waals surface area contributed by atoms with Crippen LogP contribution in [0.5, 0.6) is 5.75 Å². The molecule has 0 aromatic heterocycles. The van der Waals surface area contributed by atoms with Gasteiger partial charge in [-0.3, -0.25) is 0 Å². The predicted octanol–water partition coefficient (Wildman–Crippen LogP) is 2.94. The molecule has 0 saturated carbocycles. The lowest BCUT2D eigenvalue weighted by Crippen LogP contribution is -2.26. The van der Waals surface area contributed by atoms with E-state index in [9.17, 15) is 0 Å². The number of hydrogen-bond acceptors (Lipinski definition) is 2. The van der Waals surface area contributed by atoms with Crippen molar-refractivity contribution in [3.05, 3.63) is 29.8 Å². The van der Waals surface area contributed by atoms with E-state index < -0.39 is 0 Å². The molecule has 1 aliphatic heterocycles. The molecule has 1 N–H and O–H groups in total. The van der Waals surface area contributed by atoms with Crippen LogP contribution < -0.4 is 10.1 Å². The molecule has 16 heavy (non-hydrogen) atoms. The second-order valence-electron chi connectivity index (χ2n) is 4.58. The zero-order chi connectivity index (χ0) is 11.4. The third-order valence-electron chi connectivity index (χ3n) is 3.30. The molecule has 2 heteroatoms. The molecule has 0 spiro atoms. The van der Waals surface area contributed by atoms with Crippen LogP contribution in [0.1, 0.15) is 38.2 Å². The van der Waals surface area contributed by atoms with Crippen LogP contribution in [-0.4, -0.2) is 19.2 Å². The molecule has 0 bridgehead atoms. The van der Waals surface area contributed by atoms with Gasteiger partial charge in [-0.1, -0.05) is 25.1 Å². The summed E-state index contributed by atoms with van der Waals surface area (Å²) in [6, 6.07) is 9.03. The van der Waals surface area contributed by atoms with E-state index in [1.165, 1.54) is 18.4 Å². The zero-order valence-electron chi connectivity index (χ0n) is 10.2. The number of rotatable bonds is 5. The first-order chi connectivity index (χ1) is 7.81. The molecule has 2 rings (SSSR count). The summed E-state index contributed by atoms with van der Waals surface area (Å²) < 4.78 is 5.68. The number of ether oxygens (including phenoxy) is 1. The molecule has 0 radical (unpaired) electrons. The molecular formula is C14H21NO. The van der Waals surface area contributed by atoms with Crippen molar-refractivity contribution in [2.45, 2.75) is 38.6 Å². The second-order valence-corrected chi connectivity index (χ2v) is 4.58. The Morgan fingerprint density at radius 1 is 1.44 bits per heavy atom. The van der Waals surface area contributed by atoms with Crippen LogP contribution in [-0.2, 0) is 0 Å². The van der Waals surface area contributed by atoms with E-state index in [-0.39, 0.29) is 0 Å². The summed E-state index contributed by atoms with van der Waals surface area (Å²) in [5, 5.41) is 3.45. The van der Waals surface area contributed by atoms with Gasteiger partial charge in [0.2, 0.25) is 0 Å². The van der Waals surface area contributed by atoms with Gasteiger partial charge in [0.05, 0.1) is 6.61 Å². The predicted molar refractivity (Wildman–Crippen MR) is 67.1 cm³/mol. The summed E-state index contributed by atoms with van der Waals surface area (Å²) in [5.74, 6) is 1.68. The van der Waals surface area contributed by atoms with Gasteiger partial charge in [-0.25, -0.2) is 0 Å². The van der Waals surface area contributed by atoms with Gasteiger partial charge in [-0.15, -0.1) is 0 Å². The second kappa shape index (κ2) is 5.35. The molecule has 1 aromatic rings. The Labute approximate surface area is 98.0 Å². The Balaban J connectivity index is 1.88. The Morgan fingerprint density at radius 3 is 3.06 bits per heavy atom. The fourth-order valence-electron chi connectivity index (χ4n) is 2.37. The number of nitrogens with one attached hydrogen (secondary N) is 1. The average Bonchev–Trinajstić information content (AvgIpc) is 2.70. The van der Waals surface area contributed by atoms with Crippen molar-refractivity contribution in [3.63, 3.8) is 0 Å². The van der Waals surface area contributed by atoms with Crippen molar-refractivity contribution in [1.29, 1.82) is 0 Å². The molecule has 1 heterocycles. The van der Waals surface area contributed by atoms with Gasteiger partial charge in [0, 0.05) is 17.5 Å². The smallest absolute Gasteiger partial charge is 0.122 e. The van der Waals surface area contributed by atoms with Gasteiger partial charge >= 0.3 is 0 Å². The highest BCUT2D eigenvalue weighted by Crippen LogP contribution is 2.36. The van der Waals surface area contributed by atoms with Crippen molar-refractivity contribution in [2.24, 2.45) is 0 Å². The quantitative estimate of drug-likeness (QED) is 0.822. The Bertz CT molecular complexity index is 337. The highest BCUT2D eigenvalue weighted by molar-refractivity contribution is 5.39. The highest BCUT2D eigenvalue weighted by Gasteiger charge is 2.23. The molecule has 0 amide bonds. The molecule has 1 aromatic carbocycles. The molecule has 2 atom stereocenters. The van der Waals surface area contributed by atoms with Crippen LogP contribution in [0.3, 0.4) is 0 Å². The standard InChI is InChI=1S/C14H21NO/c1-3-15-11(2)8-9-12-10-16-14-7-5-4-6-13(12)14/h4-7,11-12,15H,3,8-10H2,1-2H3. The molecule has 2 unspecified atom stereocenters. The topological polar surface area (TPSA) is 21.3 Å². The summed E-state index contributed by atoms with van der Waals surface area (Å²) in [6.45, 7) is 6.33. The molecule has 0 fully saturated rings. The maximum Gasteiger partial charge on any atom is 0.122 e. The van der Waals surface area contributed by atoms with Crippen LogP contribution in [0, 0.1) is 0 Å². The summed E-state index contributed by atoms with van der Waals surface area (Å²) in [7, 11) is 0. The maximum absolute atomic E-state index is 5.68. The fraction of sp³-hybridized carbons (Fsp3) is 0.571. The largest absolute Gasteiger partial charge is 0.493 e. The van der Waals surface area contributed by atoms with Gasteiger partial charge in [0.15, 0.2) is 0 Å². The van der Waals surface area contributed by atoms with Crippen molar-refractivity contribution in [1.82, 2.24) is 5.32 Å². The Hall–Kier alpha value is -1.02. The van der Waals surface area contributed by atoms with Gasteiger partial charge in [0.1, 0.15) is 5.75 Å². The minimum absolute atomic E-state index is 0.595. The van der Waals surface area contributed by atoms with Crippen LogP contribution in [0.2, 0.25) is 0 Å². The van der Waals surface area contributed by atoms with Gasteiger partial charge < -0.3 is 10.1 Å². The van der Waals surface area contributed by atoms with E-state index in [1.54, 1.807) is 0 Å². The van der Waals surface area contributed by atoms with E-state index in [0.717, 1.165) is 18.9 Å². The first kappa shape index (κ1) is 11.5. The average molecular weight is 219 g/mol. The molecule has 0 aliphatic carbocycles. The number of benzene rings is 1. The van der Waals surface area contributed by atoms with Crippen molar-refractivity contribution in [2.75, 3.05) is 13.2 Å². The normalized spacial score (nSPS) is 20.2. The van der Waals surface area contributed by atoms with Gasteiger partial charge in [-0.2, -0.15) is 0 Å². The summed E-state index contributed by atoms with van der Waals surface area (Å²) in [4.78, 5) is 0. The van der Waals surface area contributed by atoms with Crippen molar-refractivity contribution >= 4 is 0 Å². The van der Waals surface area contributed by atoms with E-state index in [4.69, 9.17) is 4.74 Å². The first-order valence-electron chi connectivity index (χ1n) is 6.26. The van der Waals surface area contributed by atoms with Gasteiger partial charge in [0.25, 0.3) is 0 Å². The van der Waals surface area contributed by atoms with Crippen LogP contribution in [0.4, 0.5) is 0 Å². The van der Waals surface area contributed by atoms with E-state index in [1.807, 2.05) is 6.07 Å². The van der Waals surface area contributed by atoms with Crippen LogP contribution in [0.15, 0.2) is 24.3 Å². The molecular weight excluding hydrogens is 198 g/mol. The lowest BCUT2D eigenvalue weighted by atomic mass is 9.94. The summed E-state index contributed by atoms with van der Waals surface area (Å²) >= 11 is 0. The van der Waals surface area contributed by atoms with Gasteiger partial charge in [-0.05, 0) is 32.4 Å². The van der Waals surface area contributed by atoms with Crippen molar-refractivity contribution < 1.29 is 4.74 Å². The van der Waals surface area contributed by atoms with E-state index in [0.29, 0.717) is 12.0 Å². The third kappa shape index (κ3) is 2.56. The number of para-hydroxylation sites is 1. The first-order valence-corrected chi connectivity index (χ1v) is 6.26.